The Kier molecular flexibility index (Phi) is 6.74. The van der Waals surface area contributed by atoms with Crippen molar-refractivity contribution in [1.82, 2.24) is 8.87 Å². The van der Waals surface area contributed by atoms with Gasteiger partial charge in [0.25, 0.3) is 0 Å². The monoisotopic (exact) mass is 486 g/mol. The van der Waals surface area contributed by atoms with E-state index in [4.69, 9.17) is 13.9 Å². The fourth-order valence-corrected chi connectivity index (χ4v) is 5.43. The molecule has 1 aromatic carbocycles. The van der Waals surface area contributed by atoms with Crippen LogP contribution in [0.15, 0.2) is 51.8 Å². The average molecular weight is 487 g/mol. The summed E-state index contributed by atoms with van der Waals surface area (Å²) in [6.45, 7) is 6.21. The minimum atomic E-state index is -3.66. The lowest BCUT2D eigenvalue weighted by Gasteiger charge is -2.26. The number of nitrogens with zero attached hydrogens (tertiary/aromatic N) is 2. The number of aromatic nitrogens is 1. The molecule has 1 saturated heterocycles. The number of esters is 1. The van der Waals surface area contributed by atoms with Gasteiger partial charge in [-0.1, -0.05) is 6.07 Å². The van der Waals surface area contributed by atoms with Crippen LogP contribution in [-0.4, -0.2) is 62.0 Å². The molecule has 0 amide bonds. The Labute approximate surface area is 197 Å². The average Bonchev–Trinajstić information content (AvgIpc) is 3.40. The largest absolute Gasteiger partial charge is 0.454 e. The van der Waals surface area contributed by atoms with Crippen molar-refractivity contribution in [2.45, 2.75) is 25.7 Å². The van der Waals surface area contributed by atoms with Crippen LogP contribution in [0.3, 0.4) is 0 Å². The van der Waals surface area contributed by atoms with Crippen molar-refractivity contribution in [3.05, 3.63) is 70.9 Å². The molecule has 10 heteroatoms. The van der Waals surface area contributed by atoms with E-state index < -0.39 is 22.6 Å². The second kappa shape index (κ2) is 9.57. The molecule has 1 fully saturated rings. The van der Waals surface area contributed by atoms with E-state index in [1.807, 2.05) is 11.5 Å². The van der Waals surface area contributed by atoms with Gasteiger partial charge < -0.3 is 18.5 Å². The Bertz CT molecular complexity index is 1330. The zero-order chi connectivity index (χ0) is 24.5. The summed E-state index contributed by atoms with van der Waals surface area (Å²) in [7, 11) is -3.66. The normalized spacial score (nSPS) is 14.8. The van der Waals surface area contributed by atoms with Crippen LogP contribution in [0.4, 0.5) is 0 Å². The summed E-state index contributed by atoms with van der Waals surface area (Å²) in [4.78, 5) is 25.1. The number of morpholine rings is 1. The molecule has 0 atom stereocenters. The Balaban J connectivity index is 1.56. The maximum Gasteiger partial charge on any atom is 0.374 e. The van der Waals surface area contributed by atoms with Crippen molar-refractivity contribution in [3.63, 3.8) is 0 Å². The number of hydrogen-bond donors (Lipinski definition) is 0. The third-order valence-corrected chi connectivity index (χ3v) is 7.59. The van der Waals surface area contributed by atoms with Gasteiger partial charge in [-0.3, -0.25) is 4.79 Å². The predicted molar refractivity (Wildman–Crippen MR) is 123 cm³/mol. The van der Waals surface area contributed by atoms with Gasteiger partial charge in [0.15, 0.2) is 6.61 Å². The first kappa shape index (κ1) is 23.9. The van der Waals surface area contributed by atoms with E-state index in [-0.39, 0.29) is 16.4 Å². The van der Waals surface area contributed by atoms with E-state index in [2.05, 4.69) is 0 Å². The summed E-state index contributed by atoms with van der Waals surface area (Å²) in [6.07, 6.45) is 0. The highest BCUT2D eigenvalue weighted by Crippen LogP contribution is 2.25. The van der Waals surface area contributed by atoms with Crippen LogP contribution >= 0.6 is 0 Å². The Morgan fingerprint density at radius 3 is 2.44 bits per heavy atom. The highest BCUT2D eigenvalue weighted by Gasteiger charge is 2.27. The second-order valence-electron chi connectivity index (χ2n) is 8.04. The van der Waals surface area contributed by atoms with Crippen LogP contribution in [0.1, 0.15) is 38.1 Å². The van der Waals surface area contributed by atoms with E-state index in [1.165, 1.54) is 10.4 Å². The fraction of sp³-hybridized carbons (Fsp3) is 0.333. The van der Waals surface area contributed by atoms with Crippen LogP contribution in [0.2, 0.25) is 0 Å². The van der Waals surface area contributed by atoms with E-state index in [9.17, 15) is 18.0 Å². The van der Waals surface area contributed by atoms with Crippen LogP contribution in [0, 0.1) is 20.8 Å². The number of aryl methyl sites for hydroxylation is 2. The molecule has 180 valence electrons. The van der Waals surface area contributed by atoms with Gasteiger partial charge in [0.05, 0.1) is 18.1 Å². The molecule has 2 aromatic heterocycles. The van der Waals surface area contributed by atoms with Gasteiger partial charge in [0.2, 0.25) is 21.6 Å². The van der Waals surface area contributed by atoms with Crippen LogP contribution < -0.4 is 0 Å². The highest BCUT2D eigenvalue weighted by molar-refractivity contribution is 7.89. The molecule has 0 unspecified atom stereocenters. The van der Waals surface area contributed by atoms with E-state index in [1.54, 1.807) is 50.2 Å². The molecular weight excluding hydrogens is 460 g/mol. The van der Waals surface area contributed by atoms with Gasteiger partial charge in [-0.2, -0.15) is 4.31 Å². The SMILES string of the molecule is Cc1ccc(C(=O)OCC(=O)c2cc(C)n(-c3cccc(S(=O)(=O)N4CCOCC4)c3)c2C)o1. The van der Waals surface area contributed by atoms with E-state index in [0.717, 1.165) is 5.69 Å². The van der Waals surface area contributed by atoms with Crippen molar-refractivity contribution in [2.24, 2.45) is 0 Å². The zero-order valence-electron chi connectivity index (χ0n) is 19.2. The smallest absolute Gasteiger partial charge is 0.374 e. The number of benzene rings is 1. The number of furan rings is 1. The first-order valence-corrected chi connectivity index (χ1v) is 12.3. The minimum Gasteiger partial charge on any atom is -0.454 e. The Morgan fingerprint density at radius 2 is 1.76 bits per heavy atom. The number of rotatable bonds is 7. The highest BCUT2D eigenvalue weighted by atomic mass is 32.2. The number of hydrogen-bond acceptors (Lipinski definition) is 7. The van der Waals surface area contributed by atoms with Crippen molar-refractivity contribution in [2.75, 3.05) is 32.9 Å². The van der Waals surface area contributed by atoms with Gasteiger partial charge >= 0.3 is 5.97 Å². The summed E-state index contributed by atoms with van der Waals surface area (Å²) in [5.74, 6) is -0.474. The zero-order valence-corrected chi connectivity index (χ0v) is 20.1. The third-order valence-electron chi connectivity index (χ3n) is 5.69. The number of ether oxygens (including phenoxy) is 2. The fourth-order valence-electron chi connectivity index (χ4n) is 3.99. The summed E-state index contributed by atoms with van der Waals surface area (Å²) in [5.41, 5.74) is 2.37. The molecule has 3 heterocycles. The predicted octanol–water partition coefficient (Wildman–Crippen LogP) is 3.06. The standard InChI is InChI=1S/C24H26N2O7S/c1-16-13-21(22(27)15-32-24(28)23-8-7-17(2)33-23)18(3)26(16)19-5-4-6-20(14-19)34(29,30)25-9-11-31-12-10-25/h4-8,13-14H,9-12,15H2,1-3H3. The summed E-state index contributed by atoms with van der Waals surface area (Å²) >= 11 is 0. The van der Waals surface area contributed by atoms with Gasteiger partial charge in [0.1, 0.15) is 5.76 Å². The molecule has 1 aliphatic rings. The molecule has 0 spiro atoms. The molecule has 1 aliphatic heterocycles. The first-order chi connectivity index (χ1) is 16.2. The first-order valence-electron chi connectivity index (χ1n) is 10.8. The van der Waals surface area contributed by atoms with Crippen LogP contribution in [0.5, 0.6) is 0 Å². The summed E-state index contributed by atoms with van der Waals surface area (Å²) in [5, 5.41) is 0. The lowest BCUT2D eigenvalue weighted by Crippen LogP contribution is -2.40. The van der Waals surface area contributed by atoms with Crippen molar-refractivity contribution >= 4 is 21.8 Å². The lowest BCUT2D eigenvalue weighted by atomic mass is 10.1. The molecule has 0 aliphatic carbocycles. The Morgan fingerprint density at radius 1 is 1.03 bits per heavy atom. The minimum absolute atomic E-state index is 0.0362. The molecule has 0 N–H and O–H groups in total. The topological polar surface area (TPSA) is 108 Å². The van der Waals surface area contributed by atoms with E-state index >= 15 is 0 Å². The molecule has 0 saturated carbocycles. The molecule has 3 aromatic rings. The maximum atomic E-state index is 13.1. The molecule has 0 radical (unpaired) electrons. The number of carbonyl (C=O) groups is 2. The number of sulfonamides is 1. The molecule has 0 bridgehead atoms. The maximum absolute atomic E-state index is 13.1. The number of carbonyl (C=O) groups excluding carboxylic acids is 2. The lowest BCUT2D eigenvalue weighted by molar-refractivity contribution is 0.0442. The third kappa shape index (κ3) is 4.70. The molecule has 4 rings (SSSR count). The van der Waals surface area contributed by atoms with Gasteiger partial charge in [0, 0.05) is 35.7 Å². The van der Waals surface area contributed by atoms with Gasteiger partial charge in [-0.15, -0.1) is 0 Å². The summed E-state index contributed by atoms with van der Waals surface area (Å²) in [6, 6.07) is 11.4. The van der Waals surface area contributed by atoms with Crippen LogP contribution in [0.25, 0.3) is 5.69 Å². The van der Waals surface area contributed by atoms with E-state index in [0.29, 0.717) is 49.0 Å². The number of ketones is 1. The van der Waals surface area contributed by atoms with Crippen molar-refractivity contribution in [3.8, 4) is 5.69 Å². The molecular formula is C24H26N2O7S. The molecule has 9 nitrogen and oxygen atoms in total. The van der Waals surface area contributed by atoms with Crippen molar-refractivity contribution < 1.29 is 31.9 Å². The number of Topliss-reactive ketones (excluding diaryl/α,β-unsaturated/α-hetero) is 1. The quantitative estimate of drug-likeness (QED) is 0.373. The second-order valence-corrected chi connectivity index (χ2v) is 9.98. The summed E-state index contributed by atoms with van der Waals surface area (Å²) < 4.78 is 45.0. The Hall–Kier alpha value is -3.21. The van der Waals surface area contributed by atoms with Crippen LogP contribution in [-0.2, 0) is 19.5 Å². The van der Waals surface area contributed by atoms with Gasteiger partial charge in [-0.25, -0.2) is 13.2 Å². The van der Waals surface area contributed by atoms with Gasteiger partial charge in [-0.05, 0) is 57.2 Å². The molecule has 34 heavy (non-hydrogen) atoms. The van der Waals surface area contributed by atoms with Crippen molar-refractivity contribution in [1.29, 1.82) is 0 Å².